The average Bonchev–Trinajstić information content (AvgIpc) is 2.68. The molecule has 2 aromatic rings. The Kier molecular flexibility index (Phi) is 5.26. The molecule has 10 heteroatoms. The van der Waals surface area contributed by atoms with Crippen LogP contribution in [-0.4, -0.2) is 44.0 Å². The molecule has 3 rings (SSSR count). The number of nitrogens with zero attached hydrogens (tertiary/aromatic N) is 3. The normalized spacial score (nSPS) is 15.0. The van der Waals surface area contributed by atoms with Gasteiger partial charge in [-0.15, -0.1) is 0 Å². The lowest BCUT2D eigenvalue weighted by Gasteiger charge is -2.26. The SMILES string of the molecule is N#Cc1c(N)[nH]c(=S)c(C#N)c1-c1ccc(S(=O)(=O)N2CCOCC2)cc1. The number of aromatic nitrogens is 1. The van der Waals surface area contributed by atoms with Gasteiger partial charge in [0, 0.05) is 18.7 Å². The van der Waals surface area contributed by atoms with Gasteiger partial charge in [-0.25, -0.2) is 8.42 Å². The first kappa shape index (κ1) is 19.0. The second-order valence-corrected chi connectivity index (χ2v) is 8.10. The molecule has 0 aliphatic carbocycles. The van der Waals surface area contributed by atoms with Crippen molar-refractivity contribution in [2.75, 3.05) is 32.0 Å². The van der Waals surface area contributed by atoms with Crippen LogP contribution in [0.4, 0.5) is 5.82 Å². The van der Waals surface area contributed by atoms with Crippen molar-refractivity contribution in [2.45, 2.75) is 4.90 Å². The Balaban J connectivity index is 2.09. The zero-order valence-electron chi connectivity index (χ0n) is 14.1. The maximum Gasteiger partial charge on any atom is 0.243 e. The second-order valence-electron chi connectivity index (χ2n) is 5.76. The first-order valence-corrected chi connectivity index (χ1v) is 9.79. The number of pyridine rings is 1. The summed E-state index contributed by atoms with van der Waals surface area (Å²) >= 11 is 5.12. The number of morpholine rings is 1. The van der Waals surface area contributed by atoms with Gasteiger partial charge >= 0.3 is 0 Å². The van der Waals surface area contributed by atoms with Crippen molar-refractivity contribution in [3.63, 3.8) is 0 Å². The number of hydrogen-bond donors (Lipinski definition) is 2. The zero-order valence-corrected chi connectivity index (χ0v) is 15.7. The van der Waals surface area contributed by atoms with Gasteiger partial charge < -0.3 is 15.5 Å². The van der Waals surface area contributed by atoms with E-state index < -0.39 is 10.0 Å². The Morgan fingerprint density at radius 3 is 2.26 bits per heavy atom. The fraction of sp³-hybridized carbons (Fsp3) is 0.235. The summed E-state index contributed by atoms with van der Waals surface area (Å²) < 4.78 is 32.1. The van der Waals surface area contributed by atoms with Crippen LogP contribution in [0.3, 0.4) is 0 Å². The van der Waals surface area contributed by atoms with Crippen LogP contribution in [0, 0.1) is 27.3 Å². The topological polar surface area (TPSA) is 136 Å². The molecule has 1 aliphatic heterocycles. The third-order valence-corrected chi connectivity index (χ3v) is 6.44. The van der Waals surface area contributed by atoms with Crippen LogP contribution in [0.1, 0.15) is 11.1 Å². The Bertz CT molecular complexity index is 1120. The molecule has 0 saturated carbocycles. The van der Waals surface area contributed by atoms with Crippen LogP contribution in [0.2, 0.25) is 0 Å². The second kappa shape index (κ2) is 7.47. The third kappa shape index (κ3) is 3.44. The number of nitrogens with one attached hydrogen (secondary N) is 1. The lowest BCUT2D eigenvalue weighted by molar-refractivity contribution is 0.0730. The van der Waals surface area contributed by atoms with Crippen LogP contribution in [0.25, 0.3) is 11.1 Å². The molecule has 1 fully saturated rings. The molecule has 138 valence electrons. The number of ether oxygens (including phenoxy) is 1. The molecule has 2 heterocycles. The van der Waals surface area contributed by atoms with Crippen molar-refractivity contribution >= 4 is 28.1 Å². The fourth-order valence-corrected chi connectivity index (χ4v) is 4.53. The van der Waals surface area contributed by atoms with Crippen molar-refractivity contribution in [3.8, 4) is 23.3 Å². The van der Waals surface area contributed by atoms with Gasteiger partial charge in [-0.3, -0.25) is 0 Å². The highest BCUT2D eigenvalue weighted by Crippen LogP contribution is 2.31. The maximum absolute atomic E-state index is 12.7. The highest BCUT2D eigenvalue weighted by atomic mass is 32.2. The standard InChI is InChI=1S/C17H15N5O3S2/c18-9-13-15(14(10-19)17(26)21-16(13)20)11-1-3-12(4-2-11)27(23,24)22-5-7-25-8-6-22/h1-4H,5-8H2,(H3,20,21,26). The van der Waals surface area contributed by atoms with Crippen molar-refractivity contribution in [1.82, 2.24) is 9.29 Å². The van der Waals surface area contributed by atoms with Crippen molar-refractivity contribution in [1.29, 1.82) is 10.5 Å². The molecular formula is C17H15N5O3S2. The molecule has 1 aromatic heterocycles. The number of nitrogen functional groups attached to an aromatic ring is 1. The molecule has 0 amide bonds. The number of rotatable bonds is 3. The molecule has 0 spiro atoms. The predicted molar refractivity (Wildman–Crippen MR) is 100 cm³/mol. The quantitative estimate of drug-likeness (QED) is 0.748. The van der Waals surface area contributed by atoms with E-state index in [4.69, 9.17) is 22.7 Å². The van der Waals surface area contributed by atoms with E-state index >= 15 is 0 Å². The minimum atomic E-state index is -3.64. The number of nitriles is 2. The Hall–Kier alpha value is -2.76. The van der Waals surface area contributed by atoms with Gasteiger partial charge in [0.2, 0.25) is 10.0 Å². The van der Waals surface area contributed by atoms with Gasteiger partial charge in [0.15, 0.2) is 0 Å². The minimum Gasteiger partial charge on any atom is -0.384 e. The van der Waals surface area contributed by atoms with Crippen LogP contribution in [0.5, 0.6) is 0 Å². The van der Waals surface area contributed by atoms with E-state index in [0.717, 1.165) is 0 Å². The number of H-pyrrole nitrogens is 1. The Morgan fingerprint density at radius 1 is 1.11 bits per heavy atom. The van der Waals surface area contributed by atoms with E-state index in [1.165, 1.54) is 16.4 Å². The van der Waals surface area contributed by atoms with Gasteiger partial charge in [-0.1, -0.05) is 24.4 Å². The maximum atomic E-state index is 12.7. The van der Waals surface area contributed by atoms with Crippen LogP contribution < -0.4 is 5.73 Å². The first-order chi connectivity index (χ1) is 12.9. The number of benzene rings is 1. The van der Waals surface area contributed by atoms with Crippen LogP contribution >= 0.6 is 12.2 Å². The zero-order chi connectivity index (χ0) is 19.6. The van der Waals surface area contributed by atoms with E-state index in [0.29, 0.717) is 31.9 Å². The summed E-state index contributed by atoms with van der Waals surface area (Å²) in [5.41, 5.74) is 6.79. The van der Waals surface area contributed by atoms with E-state index in [-0.39, 0.29) is 32.0 Å². The first-order valence-electron chi connectivity index (χ1n) is 7.94. The largest absolute Gasteiger partial charge is 0.384 e. The minimum absolute atomic E-state index is 0.0570. The van der Waals surface area contributed by atoms with Gasteiger partial charge in [0.1, 0.15) is 28.2 Å². The monoisotopic (exact) mass is 401 g/mol. The summed E-state index contributed by atoms with van der Waals surface area (Å²) in [6, 6.07) is 9.91. The predicted octanol–water partition coefficient (Wildman–Crippen LogP) is 1.76. The van der Waals surface area contributed by atoms with Crippen LogP contribution in [0.15, 0.2) is 29.2 Å². The molecule has 0 bridgehead atoms. The van der Waals surface area contributed by atoms with E-state index in [2.05, 4.69) is 4.98 Å². The van der Waals surface area contributed by atoms with Crippen LogP contribution in [-0.2, 0) is 14.8 Å². The smallest absolute Gasteiger partial charge is 0.243 e. The highest BCUT2D eigenvalue weighted by Gasteiger charge is 2.26. The summed E-state index contributed by atoms with van der Waals surface area (Å²) in [5.74, 6) is 0.0570. The van der Waals surface area contributed by atoms with Gasteiger partial charge in [0.25, 0.3) is 0 Å². The van der Waals surface area contributed by atoms with Crippen molar-refractivity contribution in [2.24, 2.45) is 0 Å². The number of nitrogens with two attached hydrogens (primary N) is 1. The molecule has 1 aliphatic rings. The lowest BCUT2D eigenvalue weighted by atomic mass is 9.97. The molecule has 8 nitrogen and oxygen atoms in total. The number of sulfonamides is 1. The Morgan fingerprint density at radius 2 is 1.70 bits per heavy atom. The molecule has 27 heavy (non-hydrogen) atoms. The van der Waals surface area contributed by atoms with Crippen molar-refractivity contribution in [3.05, 3.63) is 40.0 Å². The van der Waals surface area contributed by atoms with E-state index in [9.17, 15) is 18.9 Å². The molecule has 0 radical (unpaired) electrons. The molecule has 3 N–H and O–H groups in total. The average molecular weight is 401 g/mol. The van der Waals surface area contributed by atoms with Gasteiger partial charge in [-0.2, -0.15) is 14.8 Å². The molecular weight excluding hydrogens is 386 g/mol. The number of anilines is 1. The van der Waals surface area contributed by atoms with E-state index in [1.54, 1.807) is 12.1 Å². The molecule has 0 unspecified atom stereocenters. The summed E-state index contributed by atoms with van der Waals surface area (Å²) in [4.78, 5) is 2.76. The van der Waals surface area contributed by atoms with Gasteiger partial charge in [0.05, 0.1) is 23.7 Å². The number of aromatic amines is 1. The lowest BCUT2D eigenvalue weighted by Crippen LogP contribution is -2.40. The summed E-state index contributed by atoms with van der Waals surface area (Å²) in [6.45, 7) is 1.31. The van der Waals surface area contributed by atoms with E-state index in [1.807, 2.05) is 12.1 Å². The summed E-state index contributed by atoms with van der Waals surface area (Å²) in [7, 11) is -3.64. The molecule has 1 aromatic carbocycles. The highest BCUT2D eigenvalue weighted by molar-refractivity contribution is 7.89. The summed E-state index contributed by atoms with van der Waals surface area (Å²) in [6.07, 6.45) is 0. The Labute approximate surface area is 161 Å². The molecule has 1 saturated heterocycles. The van der Waals surface area contributed by atoms with Crippen molar-refractivity contribution < 1.29 is 13.2 Å². The number of hydrogen-bond acceptors (Lipinski definition) is 7. The third-order valence-electron chi connectivity index (χ3n) is 4.22. The molecule has 0 atom stereocenters. The fourth-order valence-electron chi connectivity index (χ4n) is 2.86. The van der Waals surface area contributed by atoms with Gasteiger partial charge in [-0.05, 0) is 17.7 Å². The summed E-state index contributed by atoms with van der Waals surface area (Å²) in [5, 5.41) is 18.8.